The molecule has 4 nitrogen and oxygen atoms in total. The Labute approximate surface area is 172 Å². The molecule has 0 N–H and O–H groups in total. The molecule has 2 heterocycles. The van der Waals surface area contributed by atoms with Crippen LogP contribution in [0.25, 0.3) is 0 Å². The van der Waals surface area contributed by atoms with E-state index < -0.39 is 0 Å². The molecule has 1 aliphatic carbocycles. The summed E-state index contributed by atoms with van der Waals surface area (Å²) in [6.45, 7) is 3.77. The van der Waals surface area contributed by atoms with Gasteiger partial charge in [0, 0.05) is 0 Å². The van der Waals surface area contributed by atoms with Crippen LogP contribution in [-0.4, -0.2) is 68.7 Å². The Hall–Kier alpha value is -1.29. The van der Waals surface area contributed by atoms with Crippen molar-refractivity contribution in [2.75, 3.05) is 26.2 Å². The van der Waals surface area contributed by atoms with Crippen molar-refractivity contribution >= 4 is 33.4 Å². The van der Waals surface area contributed by atoms with Crippen LogP contribution in [0.2, 0.25) is 5.71 Å². The van der Waals surface area contributed by atoms with Crippen molar-refractivity contribution < 1.29 is 4.79 Å². The van der Waals surface area contributed by atoms with Crippen molar-refractivity contribution in [3.8, 4) is 0 Å². The van der Waals surface area contributed by atoms with E-state index in [0.717, 1.165) is 48.0 Å². The van der Waals surface area contributed by atoms with Gasteiger partial charge in [-0.25, -0.2) is 0 Å². The molecule has 0 bridgehead atoms. The van der Waals surface area contributed by atoms with Gasteiger partial charge in [0.2, 0.25) is 0 Å². The number of hydrogen-bond donors (Lipinski definition) is 0. The molecule has 2 aliphatic rings. The van der Waals surface area contributed by atoms with E-state index in [1.54, 1.807) is 11.8 Å². The SMILES string of the molecule is C[AsH]Cc1cc(C(=O)N2CCN(C3CC3)CC2)ccc1Sc1ccccn1. The molecule has 1 aromatic heterocycles. The van der Waals surface area contributed by atoms with Crippen molar-refractivity contribution in [2.24, 2.45) is 0 Å². The Balaban J connectivity index is 1.47. The van der Waals surface area contributed by atoms with Gasteiger partial charge in [0.05, 0.1) is 0 Å². The standard InChI is InChI=1S/C21H26AsN3OS/c1-22-15-17-14-16(5-8-19(17)27-20-4-2-3-9-23-20)21(26)25-12-10-24(11-13-25)18-6-7-18/h2-5,8-9,14,18,22H,6-7,10-13,15H2,1H3. The van der Waals surface area contributed by atoms with Crippen LogP contribution in [0, 0.1) is 0 Å². The number of nitrogens with zero attached hydrogens (tertiary/aromatic N) is 3. The summed E-state index contributed by atoms with van der Waals surface area (Å²) < 4.78 is 0. The summed E-state index contributed by atoms with van der Waals surface area (Å²) >= 11 is 1.68. The van der Waals surface area contributed by atoms with Gasteiger partial charge < -0.3 is 0 Å². The second-order valence-electron chi connectivity index (χ2n) is 7.18. The molecule has 1 aromatic carbocycles. The number of piperazine rings is 1. The Bertz CT molecular complexity index is 789. The Morgan fingerprint density at radius 2 is 2.00 bits per heavy atom. The summed E-state index contributed by atoms with van der Waals surface area (Å²) in [4.78, 5) is 23.3. The molecule has 1 atom stereocenters. The first-order valence-corrected chi connectivity index (χ1v) is 14.0. The number of benzene rings is 1. The molecule has 1 aliphatic heterocycles. The van der Waals surface area contributed by atoms with Gasteiger partial charge in [-0.2, -0.15) is 0 Å². The zero-order chi connectivity index (χ0) is 18.6. The van der Waals surface area contributed by atoms with Crippen LogP contribution in [0.4, 0.5) is 0 Å². The number of hydrogen-bond acceptors (Lipinski definition) is 4. The minimum absolute atomic E-state index is 0.0134. The minimum atomic E-state index is -0.0134. The van der Waals surface area contributed by atoms with Crippen LogP contribution >= 0.6 is 11.8 Å². The third kappa shape index (κ3) is 4.77. The van der Waals surface area contributed by atoms with Gasteiger partial charge in [0.15, 0.2) is 0 Å². The van der Waals surface area contributed by atoms with Gasteiger partial charge in [0.25, 0.3) is 0 Å². The van der Waals surface area contributed by atoms with Crippen molar-refractivity contribution in [3.05, 3.63) is 53.7 Å². The van der Waals surface area contributed by atoms with Crippen LogP contribution in [0.15, 0.2) is 52.5 Å². The summed E-state index contributed by atoms with van der Waals surface area (Å²) in [7, 11) is 0. The molecule has 2 fully saturated rings. The topological polar surface area (TPSA) is 36.4 Å². The molecule has 4 rings (SSSR count). The fraction of sp³-hybridized carbons (Fsp3) is 0.429. The van der Waals surface area contributed by atoms with Crippen molar-refractivity contribution in [3.63, 3.8) is 0 Å². The van der Waals surface area contributed by atoms with Crippen LogP contribution in [0.5, 0.6) is 0 Å². The molecule has 1 amide bonds. The van der Waals surface area contributed by atoms with E-state index in [0.29, 0.717) is 0 Å². The van der Waals surface area contributed by atoms with E-state index in [1.807, 2.05) is 35.4 Å². The first-order valence-electron chi connectivity index (χ1n) is 9.64. The first-order chi connectivity index (χ1) is 13.2. The molecule has 142 valence electrons. The van der Waals surface area contributed by atoms with Crippen LogP contribution in [0.1, 0.15) is 28.8 Å². The third-order valence-corrected chi connectivity index (χ3v) is 7.80. The fourth-order valence-corrected chi connectivity index (χ4v) is 6.14. The predicted octanol–water partition coefficient (Wildman–Crippen LogP) is 3.14. The van der Waals surface area contributed by atoms with Crippen molar-refractivity contribution in [1.29, 1.82) is 0 Å². The zero-order valence-corrected chi connectivity index (χ0v) is 18.6. The van der Waals surface area contributed by atoms with Gasteiger partial charge in [-0.1, -0.05) is 0 Å². The Kier molecular flexibility index (Phi) is 6.21. The number of aromatic nitrogens is 1. The average Bonchev–Trinajstić information content (AvgIpc) is 3.55. The second kappa shape index (κ2) is 8.81. The van der Waals surface area contributed by atoms with E-state index in [1.165, 1.54) is 23.3 Å². The summed E-state index contributed by atoms with van der Waals surface area (Å²) in [5.74, 6) is 0.192. The number of carbonyl (C=O) groups is 1. The summed E-state index contributed by atoms with van der Waals surface area (Å²) in [6.07, 6.45) is 4.51. The van der Waals surface area contributed by atoms with E-state index >= 15 is 0 Å². The number of amides is 1. The molecular weight excluding hydrogens is 417 g/mol. The maximum atomic E-state index is 13.0. The molecule has 2 aromatic rings. The summed E-state index contributed by atoms with van der Waals surface area (Å²) in [5, 5.41) is 2.11. The molecule has 1 unspecified atom stereocenters. The van der Waals surface area contributed by atoms with E-state index in [9.17, 15) is 4.79 Å². The normalized spacial score (nSPS) is 18.3. The monoisotopic (exact) mass is 443 g/mol. The number of rotatable bonds is 6. The van der Waals surface area contributed by atoms with Gasteiger partial charge in [-0.05, 0) is 0 Å². The first kappa shape index (κ1) is 19.0. The molecular formula is C21H26AsN3OS. The quantitative estimate of drug-likeness (QED) is 0.643. The molecule has 0 spiro atoms. The fourth-order valence-electron chi connectivity index (χ4n) is 3.57. The third-order valence-electron chi connectivity index (χ3n) is 5.19. The molecule has 1 saturated carbocycles. The Morgan fingerprint density at radius 1 is 1.19 bits per heavy atom. The van der Waals surface area contributed by atoms with Gasteiger partial charge in [-0.15, -0.1) is 0 Å². The van der Waals surface area contributed by atoms with Crippen LogP contribution in [0.3, 0.4) is 0 Å². The number of carbonyl (C=O) groups excluding carboxylic acids is 1. The second-order valence-corrected chi connectivity index (χ2v) is 10.5. The molecule has 27 heavy (non-hydrogen) atoms. The zero-order valence-electron chi connectivity index (χ0n) is 15.7. The average molecular weight is 443 g/mol. The van der Waals surface area contributed by atoms with Crippen LogP contribution in [-0.2, 0) is 5.21 Å². The predicted molar refractivity (Wildman–Crippen MR) is 112 cm³/mol. The van der Waals surface area contributed by atoms with Crippen LogP contribution < -0.4 is 0 Å². The summed E-state index contributed by atoms with van der Waals surface area (Å²) in [5.41, 5.74) is 4.45. The van der Waals surface area contributed by atoms with Crippen molar-refractivity contribution in [1.82, 2.24) is 14.8 Å². The van der Waals surface area contributed by atoms with Gasteiger partial charge in [-0.3, -0.25) is 0 Å². The van der Waals surface area contributed by atoms with E-state index in [-0.39, 0.29) is 21.7 Å². The van der Waals surface area contributed by atoms with Gasteiger partial charge >= 0.3 is 173 Å². The van der Waals surface area contributed by atoms with E-state index in [4.69, 9.17) is 0 Å². The van der Waals surface area contributed by atoms with E-state index in [2.05, 4.69) is 27.7 Å². The summed E-state index contributed by atoms with van der Waals surface area (Å²) in [6, 6.07) is 13.0. The molecule has 1 saturated heterocycles. The number of pyridine rings is 1. The van der Waals surface area contributed by atoms with Gasteiger partial charge in [0.1, 0.15) is 0 Å². The molecule has 0 radical (unpaired) electrons. The Morgan fingerprint density at radius 3 is 2.67 bits per heavy atom. The maximum absolute atomic E-state index is 13.0. The van der Waals surface area contributed by atoms with Crippen molar-refractivity contribution in [2.45, 2.75) is 39.7 Å². The molecule has 6 heteroatoms.